The first kappa shape index (κ1) is 25.9. The summed E-state index contributed by atoms with van der Waals surface area (Å²) in [5.41, 5.74) is 2.30. The molecule has 0 spiro atoms. The molecule has 8 nitrogen and oxygen atoms in total. The first-order valence-corrected chi connectivity index (χ1v) is 14.4. The van der Waals surface area contributed by atoms with Gasteiger partial charge in [0.25, 0.3) is 0 Å². The number of anilines is 1. The van der Waals surface area contributed by atoms with E-state index in [-0.39, 0.29) is 24.4 Å². The number of thiophene rings is 2. The summed E-state index contributed by atoms with van der Waals surface area (Å²) in [6.07, 6.45) is 3.14. The van der Waals surface area contributed by atoms with E-state index in [9.17, 15) is 9.59 Å². The molecule has 11 heteroatoms. The molecule has 188 valence electrons. The number of esters is 1. The molecule has 0 radical (unpaired) electrons. The molecule has 1 aliphatic heterocycles. The molecule has 1 atom stereocenters. The molecule has 1 N–H and O–H groups in total. The van der Waals surface area contributed by atoms with Crippen molar-refractivity contribution in [3.8, 4) is 11.4 Å². The Morgan fingerprint density at radius 2 is 2.14 bits per heavy atom. The second-order valence-electron chi connectivity index (χ2n) is 8.25. The lowest BCUT2D eigenvalue weighted by molar-refractivity contribution is -0.113. The minimum absolute atomic E-state index is 0.117. The van der Waals surface area contributed by atoms with Crippen molar-refractivity contribution in [1.82, 2.24) is 14.8 Å². The number of nitrogens with one attached hydrogen (secondary N) is 1. The Labute approximate surface area is 217 Å². The van der Waals surface area contributed by atoms with Crippen molar-refractivity contribution in [3.05, 3.63) is 32.3 Å². The molecular formula is C24H30N4O4S3. The summed E-state index contributed by atoms with van der Waals surface area (Å²) in [7, 11) is 0. The summed E-state index contributed by atoms with van der Waals surface area (Å²) in [5, 5.41) is 15.1. The number of nitrogens with zero attached hydrogens (tertiary/aromatic N) is 3. The van der Waals surface area contributed by atoms with E-state index in [2.05, 4.69) is 38.5 Å². The highest BCUT2D eigenvalue weighted by molar-refractivity contribution is 7.99. The van der Waals surface area contributed by atoms with Gasteiger partial charge in [0.15, 0.2) is 11.0 Å². The minimum atomic E-state index is -0.416. The Bertz CT molecular complexity index is 1190. The lowest BCUT2D eigenvalue weighted by Gasteiger charge is -2.14. The SMILES string of the molecule is CCOC(=O)c1c(NC(=O)CSc2nnc(-c3csc(CC)c3)n2CC2CCCO2)sc(C)c1C. The van der Waals surface area contributed by atoms with Gasteiger partial charge in [-0.1, -0.05) is 18.7 Å². The quantitative estimate of drug-likeness (QED) is 0.277. The number of carbonyl (C=O) groups excluding carboxylic acids is 2. The van der Waals surface area contributed by atoms with Crippen molar-refractivity contribution >= 4 is 51.3 Å². The summed E-state index contributed by atoms with van der Waals surface area (Å²) in [6, 6.07) is 2.15. The molecule has 3 aromatic rings. The predicted molar refractivity (Wildman–Crippen MR) is 141 cm³/mol. The highest BCUT2D eigenvalue weighted by Crippen LogP contribution is 2.34. The van der Waals surface area contributed by atoms with Crippen LogP contribution >= 0.6 is 34.4 Å². The average Bonchev–Trinajstić information content (AvgIpc) is 3.62. The van der Waals surface area contributed by atoms with Crippen molar-refractivity contribution < 1.29 is 19.1 Å². The van der Waals surface area contributed by atoms with Crippen molar-refractivity contribution in [2.45, 2.75) is 64.8 Å². The fourth-order valence-corrected chi connectivity index (χ4v) is 6.53. The Hall–Kier alpha value is -2.21. The van der Waals surface area contributed by atoms with Crippen LogP contribution in [0.5, 0.6) is 0 Å². The van der Waals surface area contributed by atoms with Crippen LogP contribution in [0, 0.1) is 13.8 Å². The van der Waals surface area contributed by atoms with E-state index in [0.717, 1.165) is 47.7 Å². The summed E-state index contributed by atoms with van der Waals surface area (Å²) >= 11 is 4.43. The molecule has 1 amide bonds. The van der Waals surface area contributed by atoms with Gasteiger partial charge in [-0.25, -0.2) is 4.79 Å². The largest absolute Gasteiger partial charge is 0.462 e. The first-order valence-electron chi connectivity index (χ1n) is 11.7. The Balaban J connectivity index is 1.50. The fourth-order valence-electron chi connectivity index (χ4n) is 3.91. The van der Waals surface area contributed by atoms with Crippen molar-refractivity contribution in [3.63, 3.8) is 0 Å². The van der Waals surface area contributed by atoms with Crippen LogP contribution in [0.15, 0.2) is 16.6 Å². The number of carbonyl (C=O) groups is 2. The number of thioether (sulfide) groups is 1. The van der Waals surface area contributed by atoms with E-state index < -0.39 is 5.97 Å². The standard InChI is InChI=1S/C24H30N4O4S3/c1-5-18-10-16(12-33-18)21-26-27-24(28(21)11-17-8-7-9-32-17)34-13-19(29)25-22-20(23(30)31-6-2)14(3)15(4)35-22/h10,12,17H,5-9,11,13H2,1-4H3,(H,25,29). The zero-order valence-corrected chi connectivity index (χ0v) is 22.8. The van der Waals surface area contributed by atoms with Gasteiger partial charge >= 0.3 is 5.97 Å². The molecule has 1 saturated heterocycles. The second kappa shape index (κ2) is 11.7. The molecule has 4 heterocycles. The zero-order chi connectivity index (χ0) is 24.9. The topological polar surface area (TPSA) is 95.3 Å². The molecule has 0 aliphatic carbocycles. The highest BCUT2D eigenvalue weighted by Gasteiger charge is 2.24. The third-order valence-corrected chi connectivity index (χ3v) is 9.01. The molecule has 0 bridgehead atoms. The molecule has 1 unspecified atom stereocenters. The normalized spacial score (nSPS) is 15.5. The zero-order valence-electron chi connectivity index (χ0n) is 20.4. The molecule has 0 saturated carbocycles. The number of hydrogen-bond acceptors (Lipinski definition) is 9. The summed E-state index contributed by atoms with van der Waals surface area (Å²) in [5.74, 6) is 0.318. The maximum atomic E-state index is 12.9. The van der Waals surface area contributed by atoms with E-state index in [1.165, 1.54) is 28.0 Å². The monoisotopic (exact) mass is 534 g/mol. The number of rotatable bonds is 10. The summed E-state index contributed by atoms with van der Waals surface area (Å²) < 4.78 is 13.1. The molecule has 1 aliphatic rings. The smallest absolute Gasteiger partial charge is 0.341 e. The van der Waals surface area contributed by atoms with E-state index in [4.69, 9.17) is 9.47 Å². The number of ether oxygens (including phenoxy) is 2. The maximum Gasteiger partial charge on any atom is 0.341 e. The van der Waals surface area contributed by atoms with Gasteiger partial charge < -0.3 is 14.8 Å². The first-order chi connectivity index (χ1) is 16.9. The molecule has 0 aromatic carbocycles. The number of hydrogen-bond donors (Lipinski definition) is 1. The lowest BCUT2D eigenvalue weighted by atomic mass is 10.1. The van der Waals surface area contributed by atoms with E-state index >= 15 is 0 Å². The van der Waals surface area contributed by atoms with Crippen LogP contribution in [0.25, 0.3) is 11.4 Å². The van der Waals surface area contributed by atoms with Gasteiger partial charge in [-0.05, 0) is 51.7 Å². The van der Waals surface area contributed by atoms with Crippen LogP contribution in [-0.4, -0.2) is 51.7 Å². The lowest BCUT2D eigenvalue weighted by Crippen LogP contribution is -2.18. The van der Waals surface area contributed by atoms with Crippen LogP contribution in [-0.2, 0) is 27.2 Å². The van der Waals surface area contributed by atoms with Gasteiger partial charge in [-0.3, -0.25) is 9.36 Å². The number of aryl methyl sites for hydroxylation is 2. The Kier molecular flexibility index (Phi) is 8.64. The van der Waals surface area contributed by atoms with Gasteiger partial charge in [0, 0.05) is 27.3 Å². The predicted octanol–water partition coefficient (Wildman–Crippen LogP) is 5.33. The van der Waals surface area contributed by atoms with Crippen molar-refractivity contribution in [2.24, 2.45) is 0 Å². The van der Waals surface area contributed by atoms with E-state index in [1.54, 1.807) is 18.3 Å². The molecule has 1 fully saturated rings. The Morgan fingerprint density at radius 1 is 1.31 bits per heavy atom. The molecular weight excluding hydrogens is 504 g/mol. The Morgan fingerprint density at radius 3 is 2.83 bits per heavy atom. The minimum Gasteiger partial charge on any atom is -0.462 e. The molecule has 35 heavy (non-hydrogen) atoms. The van der Waals surface area contributed by atoms with Gasteiger partial charge in [0.2, 0.25) is 5.91 Å². The van der Waals surface area contributed by atoms with Gasteiger partial charge in [0.05, 0.1) is 30.6 Å². The maximum absolute atomic E-state index is 12.9. The third kappa shape index (κ3) is 5.96. The summed E-state index contributed by atoms with van der Waals surface area (Å²) in [6.45, 7) is 9.40. The van der Waals surface area contributed by atoms with Gasteiger partial charge in [-0.15, -0.1) is 32.9 Å². The van der Waals surface area contributed by atoms with Crippen LogP contribution in [0.2, 0.25) is 0 Å². The fraction of sp³-hybridized carbons (Fsp3) is 0.500. The van der Waals surface area contributed by atoms with Crippen molar-refractivity contribution in [1.29, 1.82) is 0 Å². The van der Waals surface area contributed by atoms with Crippen molar-refractivity contribution in [2.75, 3.05) is 24.3 Å². The van der Waals surface area contributed by atoms with Crippen LogP contribution in [0.3, 0.4) is 0 Å². The second-order valence-corrected chi connectivity index (χ2v) is 11.4. The van der Waals surface area contributed by atoms with Crippen LogP contribution in [0.4, 0.5) is 5.00 Å². The van der Waals surface area contributed by atoms with Gasteiger partial charge in [-0.2, -0.15) is 0 Å². The molecule has 4 rings (SSSR count). The highest BCUT2D eigenvalue weighted by atomic mass is 32.2. The summed E-state index contributed by atoms with van der Waals surface area (Å²) in [4.78, 5) is 27.5. The number of aromatic nitrogens is 3. The van der Waals surface area contributed by atoms with Gasteiger partial charge in [0.1, 0.15) is 5.00 Å². The average molecular weight is 535 g/mol. The van der Waals surface area contributed by atoms with Crippen LogP contribution in [0.1, 0.15) is 52.4 Å². The third-order valence-electron chi connectivity index (χ3n) is 5.84. The molecule has 3 aromatic heterocycles. The number of amides is 1. The van der Waals surface area contributed by atoms with E-state index in [0.29, 0.717) is 22.3 Å². The van der Waals surface area contributed by atoms with Crippen LogP contribution < -0.4 is 5.32 Å². The van der Waals surface area contributed by atoms with E-state index in [1.807, 2.05) is 13.8 Å².